The Morgan fingerprint density at radius 2 is 2.15 bits per heavy atom. The molecule has 0 amide bonds. The lowest BCUT2D eigenvalue weighted by Gasteiger charge is -2.25. The molecule has 2 rings (SSSR count). The van der Waals surface area contributed by atoms with Gasteiger partial charge in [0.25, 0.3) is 0 Å². The number of thioether (sulfide) groups is 1. The fourth-order valence-electron chi connectivity index (χ4n) is 3.39. The van der Waals surface area contributed by atoms with Gasteiger partial charge >= 0.3 is 5.97 Å². The highest BCUT2D eigenvalue weighted by Gasteiger charge is 2.33. The number of carbonyl (C=O) groups is 1. The zero-order chi connectivity index (χ0) is 25.5. The van der Waals surface area contributed by atoms with Crippen molar-refractivity contribution in [2.45, 2.75) is 56.7 Å². The second-order valence-corrected chi connectivity index (χ2v) is 10.8. The van der Waals surface area contributed by atoms with Crippen LogP contribution in [0.4, 0.5) is 0 Å². The van der Waals surface area contributed by atoms with Crippen LogP contribution in [-0.4, -0.2) is 65.6 Å². The van der Waals surface area contributed by atoms with Crippen LogP contribution >= 0.6 is 23.4 Å². The van der Waals surface area contributed by atoms with Crippen molar-refractivity contribution in [1.82, 2.24) is 13.9 Å². The van der Waals surface area contributed by atoms with Crippen molar-refractivity contribution < 1.29 is 24.4 Å². The Morgan fingerprint density at radius 3 is 2.73 bits per heavy atom. The number of methoxy groups -OCH3 is 1. The topological polar surface area (TPSA) is 102 Å². The standard InChI is InChI=1S/C22H32ClN3O5S2/c1-5-6-7-20-24-21(23)19(15-27)26(20)14-16-8-10-17(11-9-16)33(29,30)25(2)18(12-13-32-4)22(28)31-3/h8-11,18,27H,5-7,12-15H2,1-4H3/t18-/m0/s1/i10D. The van der Waals surface area contributed by atoms with Gasteiger partial charge in [0.05, 0.1) is 25.7 Å². The van der Waals surface area contributed by atoms with E-state index in [0.717, 1.165) is 23.0 Å². The molecular formula is C22H32ClN3O5S2. The lowest BCUT2D eigenvalue weighted by atomic mass is 10.2. The average Bonchev–Trinajstić information content (AvgIpc) is 3.10. The van der Waals surface area contributed by atoms with Crippen molar-refractivity contribution in [2.24, 2.45) is 0 Å². The number of imidazole rings is 1. The maximum atomic E-state index is 13.2. The van der Waals surface area contributed by atoms with Crippen molar-refractivity contribution >= 4 is 39.4 Å². The molecule has 0 unspecified atom stereocenters. The number of carbonyl (C=O) groups excluding carboxylic acids is 1. The monoisotopic (exact) mass is 518 g/mol. The largest absolute Gasteiger partial charge is 0.468 e. The number of likely N-dealkylation sites (N-methyl/N-ethyl adjacent to an activating group) is 1. The minimum atomic E-state index is -4.12. The molecule has 0 fully saturated rings. The van der Waals surface area contributed by atoms with Gasteiger partial charge in [-0.15, -0.1) is 0 Å². The number of halogens is 1. The summed E-state index contributed by atoms with van der Waals surface area (Å²) in [5, 5.41) is 9.99. The number of esters is 1. The Bertz CT molecular complexity index is 1090. The van der Waals surface area contributed by atoms with Gasteiger partial charge in [-0.2, -0.15) is 16.1 Å². The third-order valence-electron chi connectivity index (χ3n) is 5.36. The number of aryl methyl sites for hydroxylation is 1. The minimum Gasteiger partial charge on any atom is -0.468 e. The van der Waals surface area contributed by atoms with E-state index in [4.69, 9.17) is 17.7 Å². The molecule has 8 nitrogen and oxygen atoms in total. The number of aromatic nitrogens is 2. The normalized spacial score (nSPS) is 13.2. The van der Waals surface area contributed by atoms with Gasteiger partial charge in [-0.05, 0) is 42.5 Å². The van der Waals surface area contributed by atoms with Crippen LogP contribution in [0.3, 0.4) is 0 Å². The van der Waals surface area contributed by atoms with Gasteiger partial charge < -0.3 is 14.4 Å². The van der Waals surface area contributed by atoms with Crippen molar-refractivity contribution in [3.05, 3.63) is 46.5 Å². The first-order valence-electron chi connectivity index (χ1n) is 11.1. The summed E-state index contributed by atoms with van der Waals surface area (Å²) >= 11 is 7.69. The number of aliphatic hydroxyl groups excluding tert-OH is 1. The van der Waals surface area contributed by atoms with Gasteiger partial charge in [-0.3, -0.25) is 4.79 Å². The van der Waals surface area contributed by atoms with Gasteiger partial charge in [-0.25, -0.2) is 13.4 Å². The van der Waals surface area contributed by atoms with E-state index < -0.39 is 22.0 Å². The molecule has 0 saturated carbocycles. The van der Waals surface area contributed by atoms with E-state index in [1.165, 1.54) is 38.1 Å². The summed E-state index contributed by atoms with van der Waals surface area (Å²) in [6, 6.07) is 3.28. The zero-order valence-electron chi connectivity index (χ0n) is 20.4. The second-order valence-electron chi connectivity index (χ2n) is 7.52. The summed E-state index contributed by atoms with van der Waals surface area (Å²) in [5.41, 5.74) is 1.14. The number of unbranched alkanes of at least 4 members (excludes halogenated alkanes) is 1. The number of ether oxygens (including phenoxy) is 1. The molecule has 33 heavy (non-hydrogen) atoms. The Hall–Kier alpha value is -1.59. The van der Waals surface area contributed by atoms with E-state index in [9.17, 15) is 18.3 Å². The molecule has 1 aromatic heterocycles. The van der Waals surface area contributed by atoms with E-state index in [-0.39, 0.29) is 29.2 Å². The third-order valence-corrected chi connectivity index (χ3v) is 8.13. The van der Waals surface area contributed by atoms with E-state index in [2.05, 4.69) is 11.9 Å². The van der Waals surface area contributed by atoms with Crippen LogP contribution in [-0.2, 0) is 39.1 Å². The molecule has 0 aliphatic heterocycles. The van der Waals surface area contributed by atoms with E-state index in [1.807, 2.05) is 10.8 Å². The van der Waals surface area contributed by atoms with Crippen molar-refractivity contribution in [2.75, 3.05) is 26.2 Å². The van der Waals surface area contributed by atoms with Crippen molar-refractivity contribution in [1.29, 1.82) is 0 Å². The highest BCUT2D eigenvalue weighted by molar-refractivity contribution is 7.98. The summed E-state index contributed by atoms with van der Waals surface area (Å²) < 4.78 is 42.5. The molecule has 1 atom stereocenters. The maximum Gasteiger partial charge on any atom is 0.324 e. The third kappa shape index (κ3) is 6.73. The number of aliphatic hydroxyl groups is 1. The maximum absolute atomic E-state index is 13.2. The Labute approximate surface area is 206 Å². The fraction of sp³-hybridized carbons (Fsp3) is 0.545. The number of hydrogen-bond acceptors (Lipinski definition) is 7. The predicted octanol–water partition coefficient (Wildman–Crippen LogP) is 3.33. The fourth-order valence-corrected chi connectivity index (χ4v) is 5.39. The molecule has 11 heteroatoms. The van der Waals surface area contributed by atoms with Crippen molar-refractivity contribution in [3.63, 3.8) is 0 Å². The van der Waals surface area contributed by atoms with Crippen LogP contribution in [0.2, 0.25) is 5.15 Å². The molecule has 0 aliphatic rings. The highest BCUT2D eigenvalue weighted by Crippen LogP contribution is 2.23. The Kier molecular flexibility index (Phi) is 10.1. The first-order valence-corrected chi connectivity index (χ1v) is 13.8. The smallest absolute Gasteiger partial charge is 0.324 e. The summed E-state index contributed by atoms with van der Waals surface area (Å²) in [6.45, 7) is 2.07. The molecule has 2 aromatic rings. The molecule has 0 radical (unpaired) electrons. The summed E-state index contributed by atoms with van der Waals surface area (Å²) in [5.74, 6) is 0.665. The lowest BCUT2D eigenvalue weighted by molar-refractivity contribution is -0.144. The van der Waals surface area contributed by atoms with Crippen LogP contribution in [0.15, 0.2) is 29.1 Å². The first kappa shape index (κ1) is 26.0. The highest BCUT2D eigenvalue weighted by atomic mass is 35.5. The molecule has 0 bridgehead atoms. The van der Waals surface area contributed by atoms with Gasteiger partial charge in [0.1, 0.15) is 11.9 Å². The van der Waals surface area contributed by atoms with E-state index in [1.54, 1.807) is 6.07 Å². The van der Waals surface area contributed by atoms with E-state index in [0.29, 0.717) is 29.9 Å². The van der Waals surface area contributed by atoms with Gasteiger partial charge in [0.2, 0.25) is 10.0 Å². The first-order chi connectivity index (χ1) is 16.1. The summed E-state index contributed by atoms with van der Waals surface area (Å²) in [7, 11) is -1.57. The zero-order valence-corrected chi connectivity index (χ0v) is 21.8. The van der Waals surface area contributed by atoms with Gasteiger partial charge in [0.15, 0.2) is 5.15 Å². The van der Waals surface area contributed by atoms with Crippen LogP contribution in [0.5, 0.6) is 0 Å². The number of hydrogen-bond donors (Lipinski definition) is 1. The average molecular weight is 519 g/mol. The summed E-state index contributed by atoms with van der Waals surface area (Å²) in [4.78, 5) is 16.4. The molecule has 1 aromatic carbocycles. The van der Waals surface area contributed by atoms with Gasteiger partial charge in [0, 0.05) is 20.0 Å². The Morgan fingerprint density at radius 1 is 1.42 bits per heavy atom. The van der Waals surface area contributed by atoms with Crippen LogP contribution in [0, 0.1) is 0 Å². The summed E-state index contributed by atoms with van der Waals surface area (Å²) in [6.07, 6.45) is 4.72. The van der Waals surface area contributed by atoms with Gasteiger partial charge in [-0.1, -0.05) is 37.1 Å². The molecule has 184 valence electrons. The SMILES string of the molecule is [2H]c1cc(Cn2c(CCCC)nc(Cl)c2CO)ccc1S(=O)(=O)N(C)[C@@H](CCSC)C(=O)OC. The molecule has 1 N–H and O–H groups in total. The lowest BCUT2D eigenvalue weighted by Crippen LogP contribution is -2.43. The molecule has 0 aliphatic carbocycles. The second kappa shape index (κ2) is 12.8. The number of rotatable bonds is 13. The van der Waals surface area contributed by atoms with E-state index >= 15 is 0 Å². The quantitative estimate of drug-likeness (QED) is 0.406. The van der Waals surface area contributed by atoms with Crippen molar-refractivity contribution in [3.8, 4) is 0 Å². The number of nitrogens with zero attached hydrogens (tertiary/aromatic N) is 3. The number of sulfonamides is 1. The predicted molar refractivity (Wildman–Crippen MR) is 131 cm³/mol. The Balaban J connectivity index is 2.37. The molecule has 1 heterocycles. The number of benzene rings is 1. The van der Waals surface area contributed by atoms with Crippen LogP contribution < -0.4 is 0 Å². The minimum absolute atomic E-state index is 0.190. The van der Waals surface area contributed by atoms with Crippen LogP contribution in [0.1, 0.15) is 44.6 Å². The molecular weight excluding hydrogens is 486 g/mol. The molecule has 0 saturated heterocycles. The van der Waals surface area contributed by atoms with Crippen LogP contribution in [0.25, 0.3) is 0 Å². The molecule has 0 spiro atoms.